The molecule has 1 amide bonds. The van der Waals surface area contributed by atoms with Gasteiger partial charge in [-0.1, -0.05) is 0 Å². The highest BCUT2D eigenvalue weighted by Crippen LogP contribution is 2.15. The second-order valence-electron chi connectivity index (χ2n) is 2.93. The van der Waals surface area contributed by atoms with Crippen molar-refractivity contribution in [2.75, 3.05) is 6.54 Å². The van der Waals surface area contributed by atoms with Gasteiger partial charge in [0.25, 0.3) is 0 Å². The Kier molecular flexibility index (Phi) is 5.20. The molecule has 0 bridgehead atoms. The molecule has 4 nitrogen and oxygen atoms in total. The van der Waals surface area contributed by atoms with Crippen molar-refractivity contribution in [1.29, 1.82) is 0 Å². The van der Waals surface area contributed by atoms with E-state index in [9.17, 15) is 4.79 Å². The molecule has 1 saturated heterocycles. The monoisotopic (exact) mass is 194 g/mol. The molecule has 1 unspecified atom stereocenters. The van der Waals surface area contributed by atoms with E-state index in [0.29, 0.717) is 6.42 Å². The molecule has 0 aromatic heterocycles. The van der Waals surface area contributed by atoms with Crippen LogP contribution in [0.25, 0.3) is 0 Å². The van der Waals surface area contributed by atoms with Crippen LogP contribution in [0.2, 0.25) is 0 Å². The van der Waals surface area contributed by atoms with Crippen LogP contribution in [0.1, 0.15) is 19.3 Å². The second-order valence-corrected chi connectivity index (χ2v) is 2.93. The highest BCUT2D eigenvalue weighted by atomic mass is 35.5. The van der Waals surface area contributed by atoms with Gasteiger partial charge in [0.2, 0.25) is 5.91 Å². The van der Waals surface area contributed by atoms with Crippen molar-refractivity contribution in [3.8, 4) is 0 Å². The molecule has 1 rings (SSSR count). The van der Waals surface area contributed by atoms with Crippen LogP contribution >= 0.6 is 12.4 Å². The molecule has 1 heterocycles. The number of aliphatic hydroxyl groups is 1. The number of halogens is 1. The van der Waals surface area contributed by atoms with E-state index in [-0.39, 0.29) is 24.2 Å². The zero-order valence-electron chi connectivity index (χ0n) is 6.82. The SMILES string of the molecule is Cl.NC(O)C[C@@H]1CCCNC1=O. The molecular weight excluding hydrogens is 180 g/mol. The lowest BCUT2D eigenvalue weighted by Gasteiger charge is -2.22. The van der Waals surface area contributed by atoms with Crippen LogP contribution in [0.4, 0.5) is 0 Å². The quantitative estimate of drug-likeness (QED) is 0.524. The standard InChI is InChI=1S/C7H14N2O2.ClH/c8-6(10)4-5-2-1-3-9-7(5)11;/h5-6,10H,1-4,8H2,(H,9,11);1H/t5-,6?;/m0./s1. The number of carbonyl (C=O) groups is 1. The number of carbonyl (C=O) groups excluding carboxylic acids is 1. The third-order valence-electron chi connectivity index (χ3n) is 1.93. The van der Waals surface area contributed by atoms with E-state index in [1.165, 1.54) is 0 Å². The third-order valence-corrected chi connectivity index (χ3v) is 1.93. The summed E-state index contributed by atoms with van der Waals surface area (Å²) in [7, 11) is 0. The van der Waals surface area contributed by atoms with E-state index in [4.69, 9.17) is 10.8 Å². The Balaban J connectivity index is 0.00000121. The smallest absolute Gasteiger partial charge is 0.223 e. The first-order valence-corrected chi connectivity index (χ1v) is 3.91. The van der Waals surface area contributed by atoms with Gasteiger partial charge in [-0.05, 0) is 19.3 Å². The molecule has 0 aliphatic carbocycles. The fourth-order valence-electron chi connectivity index (χ4n) is 1.35. The maximum Gasteiger partial charge on any atom is 0.223 e. The maximum absolute atomic E-state index is 11.1. The van der Waals surface area contributed by atoms with E-state index in [1.807, 2.05) is 0 Å². The Labute approximate surface area is 77.9 Å². The highest BCUT2D eigenvalue weighted by molar-refractivity contribution is 5.85. The Morgan fingerprint density at radius 2 is 2.42 bits per heavy atom. The highest BCUT2D eigenvalue weighted by Gasteiger charge is 2.22. The number of hydrogen-bond acceptors (Lipinski definition) is 3. The van der Waals surface area contributed by atoms with Gasteiger partial charge in [0.05, 0.1) is 0 Å². The Hall–Kier alpha value is -0.320. The van der Waals surface area contributed by atoms with E-state index < -0.39 is 6.23 Å². The summed E-state index contributed by atoms with van der Waals surface area (Å²) in [5.74, 6) is -0.0514. The fraction of sp³-hybridized carbons (Fsp3) is 0.857. The van der Waals surface area contributed by atoms with Crippen LogP contribution in [-0.2, 0) is 4.79 Å². The molecule has 4 N–H and O–H groups in total. The number of piperidine rings is 1. The van der Waals surface area contributed by atoms with Crippen molar-refractivity contribution in [3.63, 3.8) is 0 Å². The van der Waals surface area contributed by atoms with Crippen molar-refractivity contribution in [1.82, 2.24) is 5.32 Å². The Morgan fingerprint density at radius 3 is 2.92 bits per heavy atom. The van der Waals surface area contributed by atoms with Crippen molar-refractivity contribution < 1.29 is 9.90 Å². The minimum absolute atomic E-state index is 0. The first-order valence-electron chi connectivity index (χ1n) is 3.91. The first kappa shape index (κ1) is 11.7. The van der Waals surface area contributed by atoms with Gasteiger partial charge in [-0.15, -0.1) is 12.4 Å². The number of nitrogens with one attached hydrogen (secondary N) is 1. The Morgan fingerprint density at radius 1 is 1.75 bits per heavy atom. The van der Waals surface area contributed by atoms with Crippen molar-refractivity contribution >= 4 is 18.3 Å². The zero-order chi connectivity index (χ0) is 8.27. The van der Waals surface area contributed by atoms with Gasteiger partial charge in [-0.25, -0.2) is 0 Å². The van der Waals surface area contributed by atoms with Crippen LogP contribution < -0.4 is 11.1 Å². The number of aliphatic hydroxyl groups excluding tert-OH is 1. The third kappa shape index (κ3) is 3.38. The second kappa shape index (κ2) is 5.35. The molecular formula is C7H15ClN2O2. The normalized spacial score (nSPS) is 25.5. The molecule has 0 aromatic carbocycles. The number of amides is 1. The van der Waals surface area contributed by atoms with Gasteiger partial charge in [0.15, 0.2) is 0 Å². The Bertz CT molecular complexity index is 152. The summed E-state index contributed by atoms with van der Waals surface area (Å²) in [6, 6.07) is 0. The van der Waals surface area contributed by atoms with Crippen molar-refractivity contribution in [2.45, 2.75) is 25.5 Å². The van der Waals surface area contributed by atoms with Crippen molar-refractivity contribution in [2.24, 2.45) is 11.7 Å². The average molecular weight is 195 g/mol. The van der Waals surface area contributed by atoms with E-state index in [1.54, 1.807) is 0 Å². The first-order chi connectivity index (χ1) is 5.20. The molecule has 0 aromatic rings. The summed E-state index contributed by atoms with van der Waals surface area (Å²) < 4.78 is 0. The summed E-state index contributed by atoms with van der Waals surface area (Å²) in [4.78, 5) is 11.1. The minimum Gasteiger partial charge on any atom is -0.379 e. The van der Waals surface area contributed by atoms with Gasteiger partial charge >= 0.3 is 0 Å². The number of rotatable bonds is 2. The summed E-state index contributed by atoms with van der Waals surface area (Å²) in [5.41, 5.74) is 5.16. The van der Waals surface area contributed by atoms with Gasteiger partial charge in [-0.2, -0.15) is 0 Å². The van der Waals surface area contributed by atoms with Gasteiger partial charge < -0.3 is 16.2 Å². The molecule has 0 saturated carbocycles. The van der Waals surface area contributed by atoms with Crippen LogP contribution in [0, 0.1) is 5.92 Å². The van der Waals surface area contributed by atoms with Crippen LogP contribution in [0.3, 0.4) is 0 Å². The average Bonchev–Trinajstić information content (AvgIpc) is 1.93. The molecule has 1 fully saturated rings. The van der Waals surface area contributed by atoms with Crippen molar-refractivity contribution in [3.05, 3.63) is 0 Å². The van der Waals surface area contributed by atoms with E-state index >= 15 is 0 Å². The van der Waals surface area contributed by atoms with Crippen LogP contribution in [0.5, 0.6) is 0 Å². The van der Waals surface area contributed by atoms with Crippen LogP contribution in [-0.4, -0.2) is 23.8 Å². The molecule has 0 spiro atoms. The lowest BCUT2D eigenvalue weighted by molar-refractivity contribution is -0.127. The topological polar surface area (TPSA) is 75.3 Å². The van der Waals surface area contributed by atoms with Crippen LogP contribution in [0.15, 0.2) is 0 Å². The van der Waals surface area contributed by atoms with Gasteiger partial charge in [0.1, 0.15) is 6.23 Å². The fourth-order valence-corrected chi connectivity index (χ4v) is 1.35. The molecule has 5 heteroatoms. The lowest BCUT2D eigenvalue weighted by Crippen LogP contribution is -2.39. The molecule has 1 aliphatic heterocycles. The maximum atomic E-state index is 11.1. The lowest BCUT2D eigenvalue weighted by atomic mass is 9.95. The minimum atomic E-state index is -0.858. The number of nitrogens with two attached hydrogens (primary N) is 1. The molecule has 72 valence electrons. The predicted molar refractivity (Wildman–Crippen MR) is 47.8 cm³/mol. The molecule has 12 heavy (non-hydrogen) atoms. The van der Waals surface area contributed by atoms with Gasteiger partial charge in [-0.3, -0.25) is 4.79 Å². The summed E-state index contributed by atoms with van der Waals surface area (Å²) in [5, 5.41) is 11.6. The summed E-state index contributed by atoms with van der Waals surface area (Å²) in [6.07, 6.45) is 1.36. The summed E-state index contributed by atoms with van der Waals surface area (Å²) in [6.45, 7) is 0.760. The molecule has 1 aliphatic rings. The molecule has 0 radical (unpaired) electrons. The summed E-state index contributed by atoms with van der Waals surface area (Å²) >= 11 is 0. The van der Waals surface area contributed by atoms with Gasteiger partial charge in [0, 0.05) is 12.5 Å². The van der Waals surface area contributed by atoms with E-state index in [2.05, 4.69) is 5.32 Å². The number of hydrogen-bond donors (Lipinski definition) is 3. The molecule has 2 atom stereocenters. The van der Waals surface area contributed by atoms with E-state index in [0.717, 1.165) is 19.4 Å². The predicted octanol–water partition coefficient (Wildman–Crippen LogP) is -0.398. The largest absolute Gasteiger partial charge is 0.379 e. The zero-order valence-corrected chi connectivity index (χ0v) is 7.64.